The molecule has 190 valence electrons. The number of carbonyl (C=O) groups is 3. The Bertz CT molecular complexity index is 1350. The summed E-state index contributed by atoms with van der Waals surface area (Å²) in [7, 11) is 1.92. The van der Waals surface area contributed by atoms with Gasteiger partial charge in [0.2, 0.25) is 0 Å². The Kier molecular flexibility index (Phi) is 7.79. The predicted molar refractivity (Wildman–Crippen MR) is 145 cm³/mol. The molecule has 0 fully saturated rings. The molecule has 1 amide bonds. The molecule has 1 N–H and O–H groups in total. The molecule has 1 atom stereocenters. The number of likely N-dealkylation sites (N-methyl/N-ethyl adjacent to an activating group) is 1. The number of hydrogen-bond acceptors (Lipinski definition) is 5. The lowest BCUT2D eigenvalue weighted by Crippen LogP contribution is -2.31. The van der Waals surface area contributed by atoms with Gasteiger partial charge in [-0.15, -0.1) is 0 Å². The fraction of sp³-hybridized carbons (Fsp3) is 0.233. The lowest BCUT2D eigenvalue weighted by molar-refractivity contribution is -0.147. The number of nitrogens with zero attached hydrogens (tertiary/aromatic N) is 1. The fourth-order valence-corrected chi connectivity index (χ4v) is 4.87. The number of halogens is 1. The number of hydrogen-bond donors (Lipinski definition) is 1. The van der Waals surface area contributed by atoms with Gasteiger partial charge in [0.15, 0.2) is 12.4 Å². The van der Waals surface area contributed by atoms with E-state index in [1.807, 2.05) is 60.5 Å². The molecule has 3 aromatic carbocycles. The number of allylic oxidation sites excluding steroid dienone is 1. The molecule has 3 aromatic rings. The minimum Gasteiger partial charge on any atom is -0.457 e. The maximum Gasteiger partial charge on any atom is 0.308 e. The monoisotopic (exact) mass is 516 g/mol. The summed E-state index contributed by atoms with van der Waals surface area (Å²) in [6, 6.07) is 23.2. The summed E-state index contributed by atoms with van der Waals surface area (Å²) in [5.41, 5.74) is 3.71. The molecule has 37 heavy (non-hydrogen) atoms. The first-order chi connectivity index (χ1) is 17.7. The van der Waals surface area contributed by atoms with Crippen molar-refractivity contribution in [3.05, 3.63) is 112 Å². The maximum atomic E-state index is 12.9. The lowest BCUT2D eigenvalue weighted by atomic mass is 9.83. The normalized spacial score (nSPS) is 15.7. The van der Waals surface area contributed by atoms with Crippen LogP contribution in [0.4, 0.5) is 5.69 Å². The van der Waals surface area contributed by atoms with Crippen LogP contribution in [-0.4, -0.2) is 31.3 Å². The van der Waals surface area contributed by atoms with E-state index in [1.165, 1.54) is 0 Å². The summed E-state index contributed by atoms with van der Waals surface area (Å²) >= 11 is 6.17. The molecule has 4 rings (SSSR count). The van der Waals surface area contributed by atoms with E-state index in [0.29, 0.717) is 10.6 Å². The highest BCUT2D eigenvalue weighted by atomic mass is 35.5. The van der Waals surface area contributed by atoms with Crippen molar-refractivity contribution in [2.75, 3.05) is 18.6 Å². The number of carbonyl (C=O) groups excluding carboxylic acids is 3. The number of anilines is 1. The van der Waals surface area contributed by atoms with Crippen LogP contribution in [0, 0.1) is 0 Å². The summed E-state index contributed by atoms with van der Waals surface area (Å²) < 4.78 is 5.33. The van der Waals surface area contributed by atoms with Gasteiger partial charge in [0, 0.05) is 29.9 Å². The Hall–Kier alpha value is -3.90. The first-order valence-electron chi connectivity index (χ1n) is 12.0. The van der Waals surface area contributed by atoms with E-state index in [4.69, 9.17) is 16.3 Å². The van der Waals surface area contributed by atoms with Gasteiger partial charge in [-0.3, -0.25) is 14.4 Å². The standard InChI is InChI=1S/C30H29ClN2O4/c1-30(2)23-14-8-10-16-26(23)33(3)27(30)17-21(34)19-37-28(35)18-25(20-11-5-4-6-12-20)32-29(36)22-13-7-9-15-24(22)31/h4-17,25H,18-19H2,1-3H3,(H,32,36)/b27-17-/t25-/m1/s1. The maximum absolute atomic E-state index is 12.9. The summed E-state index contributed by atoms with van der Waals surface area (Å²) in [6.07, 6.45) is 1.40. The van der Waals surface area contributed by atoms with Gasteiger partial charge >= 0.3 is 5.97 Å². The van der Waals surface area contributed by atoms with Crippen molar-refractivity contribution >= 4 is 34.9 Å². The van der Waals surface area contributed by atoms with E-state index in [9.17, 15) is 14.4 Å². The lowest BCUT2D eigenvalue weighted by Gasteiger charge is -2.24. The molecular formula is C30H29ClN2O4. The Labute approximate surface area is 221 Å². The minimum atomic E-state index is -0.652. The molecule has 7 heteroatoms. The molecule has 6 nitrogen and oxygen atoms in total. The Morgan fingerprint density at radius 3 is 2.32 bits per heavy atom. The van der Waals surface area contributed by atoms with Crippen LogP contribution in [0.5, 0.6) is 0 Å². The summed E-state index contributed by atoms with van der Waals surface area (Å²) in [5, 5.41) is 3.18. The largest absolute Gasteiger partial charge is 0.457 e. The highest BCUT2D eigenvalue weighted by molar-refractivity contribution is 6.33. The van der Waals surface area contributed by atoms with Crippen LogP contribution in [0.15, 0.2) is 90.6 Å². The van der Waals surface area contributed by atoms with Crippen LogP contribution in [0.3, 0.4) is 0 Å². The van der Waals surface area contributed by atoms with E-state index in [1.54, 1.807) is 30.3 Å². The molecule has 0 saturated carbocycles. The SMILES string of the molecule is CN1/C(=C\C(=O)COC(=O)C[C@@H](NC(=O)c2ccccc2Cl)c2ccccc2)C(C)(C)c2ccccc21. The number of esters is 1. The number of para-hydroxylation sites is 1. The molecule has 0 spiro atoms. The molecule has 0 aromatic heterocycles. The average Bonchev–Trinajstić information content (AvgIpc) is 3.08. The Morgan fingerprint density at radius 1 is 0.973 bits per heavy atom. The molecule has 0 bridgehead atoms. The Balaban J connectivity index is 1.42. The zero-order chi connectivity index (χ0) is 26.6. The van der Waals surface area contributed by atoms with Gasteiger partial charge in [-0.25, -0.2) is 0 Å². The van der Waals surface area contributed by atoms with Crippen LogP contribution >= 0.6 is 11.6 Å². The first-order valence-corrected chi connectivity index (χ1v) is 12.4. The second-order valence-electron chi connectivity index (χ2n) is 9.48. The van der Waals surface area contributed by atoms with E-state index >= 15 is 0 Å². The number of nitrogens with one attached hydrogen (secondary N) is 1. The summed E-state index contributed by atoms with van der Waals surface area (Å²) in [6.45, 7) is 3.74. The van der Waals surface area contributed by atoms with Crippen LogP contribution in [0.25, 0.3) is 0 Å². The molecule has 1 aliphatic rings. The van der Waals surface area contributed by atoms with Gasteiger partial charge in [-0.05, 0) is 29.3 Å². The summed E-state index contributed by atoms with van der Waals surface area (Å²) in [5.74, 6) is -1.31. The van der Waals surface area contributed by atoms with Gasteiger partial charge in [0.05, 0.1) is 23.0 Å². The predicted octanol–water partition coefficient (Wildman–Crippen LogP) is 5.63. The van der Waals surface area contributed by atoms with E-state index < -0.39 is 17.9 Å². The second-order valence-corrected chi connectivity index (χ2v) is 9.89. The zero-order valence-corrected chi connectivity index (χ0v) is 21.8. The molecular weight excluding hydrogens is 488 g/mol. The smallest absolute Gasteiger partial charge is 0.308 e. The third-order valence-electron chi connectivity index (χ3n) is 6.61. The molecule has 1 heterocycles. The van der Waals surface area contributed by atoms with Crippen molar-refractivity contribution in [2.24, 2.45) is 0 Å². The number of amides is 1. The van der Waals surface area contributed by atoms with Gasteiger partial charge in [-0.1, -0.05) is 86.1 Å². The average molecular weight is 517 g/mol. The molecule has 0 saturated heterocycles. The fourth-order valence-electron chi connectivity index (χ4n) is 4.65. The van der Waals surface area contributed by atoms with Crippen molar-refractivity contribution in [2.45, 2.75) is 31.7 Å². The number of fused-ring (bicyclic) bond motifs is 1. The van der Waals surface area contributed by atoms with Gasteiger partial charge in [-0.2, -0.15) is 0 Å². The van der Waals surface area contributed by atoms with E-state index in [-0.39, 0.29) is 24.2 Å². The van der Waals surface area contributed by atoms with Crippen molar-refractivity contribution in [3.8, 4) is 0 Å². The quantitative estimate of drug-likeness (QED) is 0.310. The topological polar surface area (TPSA) is 75.7 Å². The molecule has 0 radical (unpaired) electrons. The third kappa shape index (κ3) is 5.75. The molecule has 1 aliphatic heterocycles. The summed E-state index contributed by atoms with van der Waals surface area (Å²) in [4.78, 5) is 40.4. The van der Waals surface area contributed by atoms with Gasteiger partial charge < -0.3 is 15.0 Å². The molecule has 0 aliphatic carbocycles. The van der Waals surface area contributed by atoms with Crippen molar-refractivity contribution in [1.29, 1.82) is 0 Å². The van der Waals surface area contributed by atoms with Gasteiger partial charge in [0.25, 0.3) is 5.91 Å². The van der Waals surface area contributed by atoms with Crippen LogP contribution in [-0.2, 0) is 19.7 Å². The van der Waals surface area contributed by atoms with Crippen molar-refractivity contribution in [1.82, 2.24) is 5.32 Å². The number of ether oxygens (including phenoxy) is 1. The minimum absolute atomic E-state index is 0.138. The van der Waals surface area contributed by atoms with Crippen molar-refractivity contribution < 1.29 is 19.1 Å². The van der Waals surface area contributed by atoms with Crippen molar-refractivity contribution in [3.63, 3.8) is 0 Å². The molecule has 0 unspecified atom stereocenters. The Morgan fingerprint density at radius 2 is 1.62 bits per heavy atom. The van der Waals surface area contributed by atoms with Gasteiger partial charge in [0.1, 0.15) is 0 Å². The second kappa shape index (κ2) is 11.0. The van der Waals surface area contributed by atoms with E-state index in [2.05, 4.69) is 25.2 Å². The highest BCUT2D eigenvalue weighted by Gasteiger charge is 2.38. The first kappa shape index (κ1) is 26.2. The van der Waals surface area contributed by atoms with Crippen LogP contribution < -0.4 is 10.2 Å². The van der Waals surface area contributed by atoms with Crippen LogP contribution in [0.1, 0.15) is 47.8 Å². The highest BCUT2D eigenvalue weighted by Crippen LogP contribution is 2.46. The number of rotatable bonds is 8. The zero-order valence-electron chi connectivity index (χ0n) is 21.0. The third-order valence-corrected chi connectivity index (χ3v) is 6.94. The van der Waals surface area contributed by atoms with E-state index in [0.717, 1.165) is 22.5 Å². The number of benzene rings is 3. The number of ketones is 1. The van der Waals surface area contributed by atoms with Crippen LogP contribution in [0.2, 0.25) is 5.02 Å².